The van der Waals surface area contributed by atoms with Gasteiger partial charge >= 0.3 is 0 Å². The summed E-state index contributed by atoms with van der Waals surface area (Å²) in [5.74, 6) is 1.55. The minimum atomic E-state index is 0.615. The van der Waals surface area contributed by atoms with Gasteiger partial charge in [0.1, 0.15) is 5.82 Å². The molecule has 0 saturated carbocycles. The molecule has 0 aliphatic carbocycles. The maximum absolute atomic E-state index is 4.54. The summed E-state index contributed by atoms with van der Waals surface area (Å²) in [5, 5.41) is 3.22. The number of nitrogens with one attached hydrogen (secondary N) is 1. The predicted octanol–water partition coefficient (Wildman–Crippen LogP) is 4.22. The van der Waals surface area contributed by atoms with Crippen LogP contribution in [-0.4, -0.2) is 23.6 Å². The van der Waals surface area contributed by atoms with Crippen LogP contribution in [0.1, 0.15) is 19.8 Å². The van der Waals surface area contributed by atoms with Crippen LogP contribution in [0.25, 0.3) is 0 Å². The van der Waals surface area contributed by atoms with Gasteiger partial charge in [-0.25, -0.2) is 4.98 Å². The molecule has 0 saturated heterocycles. The van der Waals surface area contributed by atoms with E-state index >= 15 is 0 Å². The molecule has 0 unspecified atom stereocenters. The molecule has 0 aliphatic heterocycles. The number of anilines is 3. The second kappa shape index (κ2) is 7.24. The predicted molar refractivity (Wildman–Crippen MR) is 87.6 cm³/mol. The van der Waals surface area contributed by atoms with Gasteiger partial charge in [-0.1, -0.05) is 35.3 Å². The van der Waals surface area contributed by atoms with Gasteiger partial charge in [0, 0.05) is 29.9 Å². The van der Waals surface area contributed by atoms with Gasteiger partial charge in [0.15, 0.2) is 0 Å². The maximum atomic E-state index is 4.54. The average Bonchev–Trinajstić information content (AvgIpc) is 2.45. The Morgan fingerprint density at radius 3 is 2.90 bits per heavy atom. The number of unbranched alkanes of at least 4 members (excludes halogenated alkanes) is 1. The van der Waals surface area contributed by atoms with E-state index in [1.165, 1.54) is 6.42 Å². The first kappa shape index (κ1) is 14.8. The summed E-state index contributed by atoms with van der Waals surface area (Å²) in [6.07, 6.45) is 4.12. The molecule has 20 heavy (non-hydrogen) atoms. The molecule has 4 nitrogen and oxygen atoms in total. The highest BCUT2D eigenvalue weighted by atomic mass is 79.9. The molecule has 1 aromatic heterocycles. The van der Waals surface area contributed by atoms with Gasteiger partial charge in [-0.3, -0.25) is 0 Å². The number of nitrogens with zero attached hydrogens (tertiary/aromatic N) is 3. The first-order chi connectivity index (χ1) is 9.69. The number of rotatable bonds is 6. The van der Waals surface area contributed by atoms with E-state index < -0.39 is 0 Å². The zero-order chi connectivity index (χ0) is 14.4. The Kier molecular flexibility index (Phi) is 5.35. The molecule has 0 radical (unpaired) electrons. The van der Waals surface area contributed by atoms with E-state index in [9.17, 15) is 0 Å². The van der Waals surface area contributed by atoms with Crippen molar-refractivity contribution in [3.05, 3.63) is 41.0 Å². The lowest BCUT2D eigenvalue weighted by Gasteiger charge is -2.18. The minimum Gasteiger partial charge on any atom is -0.360 e. The van der Waals surface area contributed by atoms with E-state index in [1.807, 2.05) is 30.3 Å². The van der Waals surface area contributed by atoms with Crippen molar-refractivity contribution in [3.8, 4) is 0 Å². The zero-order valence-corrected chi connectivity index (χ0v) is 13.4. The van der Waals surface area contributed by atoms with Gasteiger partial charge in [-0.15, -0.1) is 0 Å². The van der Waals surface area contributed by atoms with Crippen LogP contribution >= 0.6 is 15.9 Å². The number of hydrogen-bond donors (Lipinski definition) is 1. The molecule has 1 heterocycles. The standard InChI is InChI=1S/C15H19BrN4/c1-3-4-10-20(2)14-8-9-17-15(19-14)18-13-7-5-6-12(16)11-13/h5-9,11H,3-4,10H2,1-2H3,(H,17,18,19). The number of hydrogen-bond acceptors (Lipinski definition) is 4. The van der Waals surface area contributed by atoms with Crippen molar-refractivity contribution >= 4 is 33.4 Å². The second-order valence-electron chi connectivity index (χ2n) is 4.65. The summed E-state index contributed by atoms with van der Waals surface area (Å²) in [7, 11) is 2.06. The lowest BCUT2D eigenvalue weighted by molar-refractivity contribution is 0.759. The van der Waals surface area contributed by atoms with Crippen LogP contribution < -0.4 is 10.2 Å². The Balaban J connectivity index is 2.09. The molecule has 1 N–H and O–H groups in total. The van der Waals surface area contributed by atoms with Crippen LogP contribution in [0.15, 0.2) is 41.0 Å². The van der Waals surface area contributed by atoms with Crippen molar-refractivity contribution in [1.82, 2.24) is 9.97 Å². The smallest absolute Gasteiger partial charge is 0.229 e. The third-order valence-corrected chi connectivity index (χ3v) is 3.45. The van der Waals surface area contributed by atoms with Crippen LogP contribution in [0.5, 0.6) is 0 Å². The normalized spacial score (nSPS) is 10.3. The molecule has 0 bridgehead atoms. The first-order valence-electron chi connectivity index (χ1n) is 6.76. The van der Waals surface area contributed by atoms with E-state index in [1.54, 1.807) is 6.20 Å². The Bertz CT molecular complexity index is 559. The van der Waals surface area contributed by atoms with Gasteiger partial charge in [-0.2, -0.15) is 4.98 Å². The van der Waals surface area contributed by atoms with Crippen molar-refractivity contribution in [3.63, 3.8) is 0 Å². The van der Waals surface area contributed by atoms with Crippen molar-refractivity contribution in [2.45, 2.75) is 19.8 Å². The van der Waals surface area contributed by atoms with Crippen molar-refractivity contribution in [2.24, 2.45) is 0 Å². The fourth-order valence-electron chi connectivity index (χ4n) is 1.83. The summed E-state index contributed by atoms with van der Waals surface area (Å²) in [4.78, 5) is 11.0. The largest absolute Gasteiger partial charge is 0.360 e. The highest BCUT2D eigenvalue weighted by Crippen LogP contribution is 2.19. The number of aromatic nitrogens is 2. The molecule has 0 atom stereocenters. The Morgan fingerprint density at radius 1 is 1.30 bits per heavy atom. The molecule has 0 amide bonds. The summed E-state index contributed by atoms with van der Waals surface area (Å²) >= 11 is 3.45. The van der Waals surface area contributed by atoms with Gasteiger partial charge in [0.25, 0.3) is 0 Å². The van der Waals surface area contributed by atoms with Gasteiger partial charge in [-0.05, 0) is 30.7 Å². The molecular weight excluding hydrogens is 316 g/mol. The van der Waals surface area contributed by atoms with E-state index in [0.29, 0.717) is 5.95 Å². The molecular formula is C15H19BrN4. The summed E-state index contributed by atoms with van der Waals surface area (Å²) < 4.78 is 1.03. The fraction of sp³-hybridized carbons (Fsp3) is 0.333. The van der Waals surface area contributed by atoms with E-state index in [2.05, 4.69) is 50.1 Å². The third-order valence-electron chi connectivity index (χ3n) is 2.96. The zero-order valence-electron chi connectivity index (χ0n) is 11.8. The topological polar surface area (TPSA) is 41.1 Å². The van der Waals surface area contributed by atoms with E-state index in [4.69, 9.17) is 0 Å². The molecule has 0 spiro atoms. The van der Waals surface area contributed by atoms with Crippen molar-refractivity contribution in [2.75, 3.05) is 23.8 Å². The number of halogens is 1. The number of benzene rings is 1. The maximum Gasteiger partial charge on any atom is 0.229 e. The summed E-state index contributed by atoms with van der Waals surface area (Å²) in [6.45, 7) is 3.19. The average molecular weight is 335 g/mol. The summed E-state index contributed by atoms with van der Waals surface area (Å²) in [5.41, 5.74) is 0.965. The molecule has 106 valence electrons. The van der Waals surface area contributed by atoms with Crippen LogP contribution in [0.4, 0.5) is 17.5 Å². The van der Waals surface area contributed by atoms with Crippen molar-refractivity contribution < 1.29 is 0 Å². The van der Waals surface area contributed by atoms with Crippen LogP contribution in [0.2, 0.25) is 0 Å². The highest BCUT2D eigenvalue weighted by Gasteiger charge is 2.04. The second-order valence-corrected chi connectivity index (χ2v) is 5.56. The molecule has 2 aromatic rings. The first-order valence-corrected chi connectivity index (χ1v) is 7.55. The quantitative estimate of drug-likeness (QED) is 0.858. The van der Waals surface area contributed by atoms with Crippen molar-refractivity contribution in [1.29, 1.82) is 0 Å². The molecule has 0 aliphatic rings. The van der Waals surface area contributed by atoms with Gasteiger partial charge in [0.2, 0.25) is 5.95 Å². The Morgan fingerprint density at radius 2 is 2.15 bits per heavy atom. The van der Waals surface area contributed by atoms with E-state index in [0.717, 1.165) is 28.9 Å². The van der Waals surface area contributed by atoms with Crippen LogP contribution in [0, 0.1) is 0 Å². The minimum absolute atomic E-state index is 0.615. The van der Waals surface area contributed by atoms with Gasteiger partial charge in [0.05, 0.1) is 0 Å². The van der Waals surface area contributed by atoms with E-state index in [-0.39, 0.29) is 0 Å². The molecule has 0 fully saturated rings. The third kappa shape index (κ3) is 4.20. The fourth-order valence-corrected chi connectivity index (χ4v) is 2.23. The molecule has 1 aromatic carbocycles. The lowest BCUT2D eigenvalue weighted by Crippen LogP contribution is -2.19. The Hall–Kier alpha value is -1.62. The molecule has 5 heteroatoms. The monoisotopic (exact) mass is 334 g/mol. The summed E-state index contributed by atoms with van der Waals surface area (Å²) in [6, 6.07) is 9.88. The highest BCUT2D eigenvalue weighted by molar-refractivity contribution is 9.10. The lowest BCUT2D eigenvalue weighted by atomic mass is 10.3. The Labute approximate surface area is 128 Å². The van der Waals surface area contributed by atoms with Crippen LogP contribution in [0.3, 0.4) is 0 Å². The molecule has 2 rings (SSSR count). The SMILES string of the molecule is CCCCN(C)c1ccnc(Nc2cccc(Br)c2)n1. The van der Waals surface area contributed by atoms with Crippen LogP contribution in [-0.2, 0) is 0 Å². The van der Waals surface area contributed by atoms with Gasteiger partial charge < -0.3 is 10.2 Å².